The van der Waals surface area contributed by atoms with Crippen LogP contribution < -0.4 is 10.6 Å². The number of rotatable bonds is 8. The van der Waals surface area contributed by atoms with Gasteiger partial charge in [-0.15, -0.1) is 6.58 Å². The van der Waals surface area contributed by atoms with E-state index < -0.39 is 0 Å². The normalized spacial score (nSPS) is 10.3. The lowest BCUT2D eigenvalue weighted by Gasteiger charge is -2.10. The lowest BCUT2D eigenvalue weighted by molar-refractivity contribution is -0.116. The summed E-state index contributed by atoms with van der Waals surface area (Å²) >= 11 is 0. The molecular formula is C22H22N4O2. The Morgan fingerprint density at radius 1 is 1.07 bits per heavy atom. The van der Waals surface area contributed by atoms with E-state index in [4.69, 9.17) is 0 Å². The minimum Gasteiger partial charge on any atom is -0.349 e. The smallest absolute Gasteiger partial charge is 0.253 e. The number of aromatic nitrogens is 2. The van der Waals surface area contributed by atoms with E-state index in [1.54, 1.807) is 41.2 Å². The number of nitrogens with zero attached hydrogens (tertiary/aromatic N) is 2. The molecule has 6 heteroatoms. The van der Waals surface area contributed by atoms with E-state index in [9.17, 15) is 9.59 Å². The molecule has 1 aromatic heterocycles. The summed E-state index contributed by atoms with van der Waals surface area (Å²) in [6.07, 6.45) is 6.14. The van der Waals surface area contributed by atoms with Crippen molar-refractivity contribution in [1.29, 1.82) is 0 Å². The summed E-state index contributed by atoms with van der Waals surface area (Å²) in [5, 5.41) is 9.88. The Morgan fingerprint density at radius 2 is 1.82 bits per heavy atom. The van der Waals surface area contributed by atoms with Crippen molar-refractivity contribution >= 4 is 17.5 Å². The average molecular weight is 374 g/mol. The van der Waals surface area contributed by atoms with Gasteiger partial charge in [-0.25, -0.2) is 4.68 Å². The van der Waals surface area contributed by atoms with Gasteiger partial charge in [0.05, 0.1) is 23.1 Å². The summed E-state index contributed by atoms with van der Waals surface area (Å²) in [4.78, 5) is 24.6. The first-order chi connectivity index (χ1) is 13.7. The summed E-state index contributed by atoms with van der Waals surface area (Å²) < 4.78 is 1.78. The van der Waals surface area contributed by atoms with Gasteiger partial charge in [0.15, 0.2) is 0 Å². The molecule has 28 heavy (non-hydrogen) atoms. The molecule has 0 saturated carbocycles. The number of hydrogen-bond donors (Lipinski definition) is 2. The highest BCUT2D eigenvalue weighted by Crippen LogP contribution is 2.16. The van der Waals surface area contributed by atoms with Gasteiger partial charge in [0, 0.05) is 19.2 Å². The molecule has 0 bridgehead atoms. The van der Waals surface area contributed by atoms with Gasteiger partial charge >= 0.3 is 0 Å². The molecule has 0 aliphatic carbocycles. The van der Waals surface area contributed by atoms with Crippen LogP contribution in [0.1, 0.15) is 22.3 Å². The Morgan fingerprint density at radius 3 is 2.61 bits per heavy atom. The molecule has 2 aromatic carbocycles. The maximum atomic E-state index is 12.4. The number of carbonyl (C=O) groups excluding carboxylic acids is 2. The van der Waals surface area contributed by atoms with Gasteiger partial charge in [-0.05, 0) is 36.2 Å². The van der Waals surface area contributed by atoms with Crippen molar-refractivity contribution in [2.24, 2.45) is 0 Å². The van der Waals surface area contributed by atoms with Crippen LogP contribution in [0.4, 0.5) is 5.69 Å². The second kappa shape index (κ2) is 9.32. The Bertz CT molecular complexity index is 963. The maximum absolute atomic E-state index is 12.4. The fourth-order valence-corrected chi connectivity index (χ4v) is 2.73. The van der Waals surface area contributed by atoms with Crippen molar-refractivity contribution in [2.75, 3.05) is 11.9 Å². The van der Waals surface area contributed by atoms with E-state index >= 15 is 0 Å². The number of hydrogen-bond acceptors (Lipinski definition) is 3. The molecule has 1 heterocycles. The van der Waals surface area contributed by atoms with Crippen molar-refractivity contribution in [3.8, 4) is 5.69 Å². The van der Waals surface area contributed by atoms with Gasteiger partial charge in [0.2, 0.25) is 5.91 Å². The van der Waals surface area contributed by atoms with E-state index in [2.05, 4.69) is 22.3 Å². The van der Waals surface area contributed by atoms with Crippen LogP contribution in [0.15, 0.2) is 79.6 Å². The number of nitrogens with one attached hydrogen (secondary N) is 2. The second-order valence-corrected chi connectivity index (χ2v) is 6.22. The van der Waals surface area contributed by atoms with E-state index in [1.807, 2.05) is 36.5 Å². The van der Waals surface area contributed by atoms with Gasteiger partial charge < -0.3 is 10.6 Å². The minimum atomic E-state index is -0.250. The highest BCUT2D eigenvalue weighted by atomic mass is 16.2. The largest absolute Gasteiger partial charge is 0.349 e. The van der Waals surface area contributed by atoms with Crippen molar-refractivity contribution in [1.82, 2.24) is 15.1 Å². The van der Waals surface area contributed by atoms with Gasteiger partial charge in [-0.2, -0.15) is 5.10 Å². The third-order valence-corrected chi connectivity index (χ3v) is 4.15. The quantitative estimate of drug-likeness (QED) is 0.594. The molecule has 0 atom stereocenters. The Labute approximate surface area is 163 Å². The Balaban J connectivity index is 1.59. The maximum Gasteiger partial charge on any atom is 0.253 e. The van der Waals surface area contributed by atoms with Crippen molar-refractivity contribution in [3.63, 3.8) is 0 Å². The molecule has 2 amide bonds. The van der Waals surface area contributed by atoms with Crippen LogP contribution >= 0.6 is 0 Å². The molecule has 0 spiro atoms. The zero-order chi connectivity index (χ0) is 19.8. The molecule has 0 saturated heterocycles. The van der Waals surface area contributed by atoms with E-state index in [-0.39, 0.29) is 11.8 Å². The summed E-state index contributed by atoms with van der Waals surface area (Å²) in [6, 6.07) is 16.7. The van der Waals surface area contributed by atoms with Crippen LogP contribution in [0.3, 0.4) is 0 Å². The minimum absolute atomic E-state index is 0.156. The summed E-state index contributed by atoms with van der Waals surface area (Å²) in [7, 11) is 0. The summed E-state index contributed by atoms with van der Waals surface area (Å²) in [5.74, 6) is -0.406. The predicted molar refractivity (Wildman–Crippen MR) is 109 cm³/mol. The molecule has 0 unspecified atom stereocenters. The van der Waals surface area contributed by atoms with Crippen LogP contribution in [0.2, 0.25) is 0 Å². The topological polar surface area (TPSA) is 76.0 Å². The van der Waals surface area contributed by atoms with Gasteiger partial charge in [-0.1, -0.05) is 36.4 Å². The predicted octanol–water partition coefficient (Wildman–Crippen LogP) is 3.36. The first-order valence-electron chi connectivity index (χ1n) is 9.04. The van der Waals surface area contributed by atoms with Crippen molar-refractivity contribution in [2.45, 2.75) is 12.8 Å². The summed E-state index contributed by atoms with van der Waals surface area (Å²) in [6.45, 7) is 3.95. The van der Waals surface area contributed by atoms with Crippen LogP contribution in [0.25, 0.3) is 5.69 Å². The Hall–Kier alpha value is -3.67. The van der Waals surface area contributed by atoms with Crippen LogP contribution in [-0.4, -0.2) is 28.1 Å². The average Bonchev–Trinajstić information content (AvgIpc) is 3.21. The van der Waals surface area contributed by atoms with Gasteiger partial charge in [0.25, 0.3) is 5.91 Å². The molecule has 3 aromatic rings. The highest BCUT2D eigenvalue weighted by Gasteiger charge is 2.12. The second-order valence-electron chi connectivity index (χ2n) is 6.22. The van der Waals surface area contributed by atoms with E-state index in [0.29, 0.717) is 30.6 Å². The molecule has 3 rings (SSSR count). The third kappa shape index (κ3) is 4.94. The zero-order valence-corrected chi connectivity index (χ0v) is 15.5. The number of amides is 2. The number of benzene rings is 2. The number of anilines is 1. The van der Waals surface area contributed by atoms with E-state index in [1.165, 1.54) is 0 Å². The molecule has 0 radical (unpaired) electrons. The standard InChI is InChI=1S/C22H22N4O2/c1-2-14-23-22(28)19-10-6-7-11-20(19)25-21(27)13-12-17-15-24-26(16-17)18-8-4-3-5-9-18/h2-11,15-16H,1,12-14H2,(H,23,28)(H,25,27). The van der Waals surface area contributed by atoms with Crippen LogP contribution in [0.5, 0.6) is 0 Å². The zero-order valence-electron chi connectivity index (χ0n) is 15.5. The SMILES string of the molecule is C=CCNC(=O)c1ccccc1NC(=O)CCc1cnn(-c2ccccc2)c1. The van der Waals surface area contributed by atoms with Crippen molar-refractivity contribution in [3.05, 3.63) is 90.8 Å². The molecule has 0 fully saturated rings. The number of carbonyl (C=O) groups is 2. The number of aryl methyl sites for hydroxylation is 1. The molecule has 0 aliphatic heterocycles. The molecule has 2 N–H and O–H groups in total. The van der Waals surface area contributed by atoms with Crippen molar-refractivity contribution < 1.29 is 9.59 Å². The molecule has 142 valence electrons. The lowest BCUT2D eigenvalue weighted by Crippen LogP contribution is -2.25. The highest BCUT2D eigenvalue weighted by molar-refractivity contribution is 6.03. The summed E-state index contributed by atoms with van der Waals surface area (Å²) in [5.41, 5.74) is 2.86. The number of para-hydroxylation sites is 2. The molecule has 6 nitrogen and oxygen atoms in total. The fourth-order valence-electron chi connectivity index (χ4n) is 2.73. The van der Waals surface area contributed by atoms with E-state index in [0.717, 1.165) is 11.3 Å². The third-order valence-electron chi connectivity index (χ3n) is 4.15. The Kier molecular flexibility index (Phi) is 6.36. The van der Waals surface area contributed by atoms with Crippen LogP contribution in [0, 0.1) is 0 Å². The van der Waals surface area contributed by atoms with Gasteiger partial charge in [0.1, 0.15) is 0 Å². The molecule has 0 aliphatic rings. The molecular weight excluding hydrogens is 352 g/mol. The van der Waals surface area contributed by atoms with Gasteiger partial charge in [-0.3, -0.25) is 9.59 Å². The lowest BCUT2D eigenvalue weighted by atomic mass is 10.1. The first kappa shape index (κ1) is 19.1. The van der Waals surface area contributed by atoms with Crippen LogP contribution in [-0.2, 0) is 11.2 Å². The first-order valence-corrected chi connectivity index (χ1v) is 9.04. The fraction of sp³-hybridized carbons (Fsp3) is 0.136. The monoisotopic (exact) mass is 374 g/mol.